The first-order chi connectivity index (χ1) is 9.80. The molecule has 0 spiro atoms. The standard InChI is InChI=1S/C12H27ClO6P2/c1-6-11-12(13,20(14,16-7-2)17-8-3)21(15,18-9-4)19-10-5/h6-11H2,1-5H3. The molecule has 0 aromatic rings. The van der Waals surface area contributed by atoms with E-state index >= 15 is 0 Å². The largest absolute Gasteiger partial charge is 0.363 e. The third kappa shape index (κ3) is 4.78. The molecule has 0 heterocycles. The molecule has 0 aromatic heterocycles. The van der Waals surface area contributed by atoms with Crippen LogP contribution >= 0.6 is 26.8 Å². The lowest BCUT2D eigenvalue weighted by molar-refractivity contribution is 0.188. The van der Waals surface area contributed by atoms with Crippen LogP contribution in [0.4, 0.5) is 0 Å². The SMILES string of the molecule is CCCC(Cl)(P(=O)(OCC)OCC)P(=O)(OCC)OCC. The first-order valence-corrected chi connectivity index (χ1v) is 10.7. The molecule has 0 radical (unpaired) electrons. The van der Waals surface area contributed by atoms with E-state index < -0.39 is 19.5 Å². The number of rotatable bonds is 12. The maximum atomic E-state index is 13.1. The van der Waals surface area contributed by atoms with Gasteiger partial charge in [0.1, 0.15) is 0 Å². The normalized spacial score (nSPS) is 13.6. The molecule has 0 aromatic carbocycles. The minimum Gasteiger partial charge on any atom is -0.307 e. The zero-order valence-corrected chi connectivity index (χ0v) is 16.0. The fourth-order valence-corrected chi connectivity index (χ4v) is 7.85. The summed E-state index contributed by atoms with van der Waals surface area (Å²) in [5.74, 6) is 0. The van der Waals surface area contributed by atoms with Crippen LogP contribution in [0.2, 0.25) is 0 Å². The Morgan fingerprint density at radius 2 is 1.05 bits per heavy atom. The molecule has 0 fully saturated rings. The van der Waals surface area contributed by atoms with Crippen molar-refractivity contribution < 1.29 is 27.2 Å². The van der Waals surface area contributed by atoms with E-state index in [-0.39, 0.29) is 32.8 Å². The van der Waals surface area contributed by atoms with Gasteiger partial charge in [-0.1, -0.05) is 24.9 Å². The van der Waals surface area contributed by atoms with Crippen molar-refractivity contribution >= 4 is 26.8 Å². The van der Waals surface area contributed by atoms with Gasteiger partial charge in [0.15, 0.2) is 0 Å². The second kappa shape index (κ2) is 9.67. The van der Waals surface area contributed by atoms with E-state index in [1.807, 2.05) is 6.92 Å². The Labute approximate surface area is 132 Å². The second-order valence-corrected chi connectivity index (χ2v) is 10.2. The van der Waals surface area contributed by atoms with Crippen molar-refractivity contribution in [2.45, 2.75) is 51.8 Å². The fraction of sp³-hybridized carbons (Fsp3) is 1.00. The summed E-state index contributed by atoms with van der Waals surface area (Å²) < 4.78 is 45.6. The smallest absolute Gasteiger partial charge is 0.307 e. The molecule has 0 atom stereocenters. The van der Waals surface area contributed by atoms with Crippen molar-refractivity contribution in [2.75, 3.05) is 26.4 Å². The van der Waals surface area contributed by atoms with Crippen LogP contribution < -0.4 is 0 Å². The Hall–Kier alpha value is 0.590. The van der Waals surface area contributed by atoms with Crippen molar-refractivity contribution in [3.63, 3.8) is 0 Å². The van der Waals surface area contributed by atoms with Crippen molar-refractivity contribution in [1.82, 2.24) is 0 Å². The van der Waals surface area contributed by atoms with Gasteiger partial charge in [0.25, 0.3) is 0 Å². The molecular formula is C12H27ClO6P2. The molecule has 9 heteroatoms. The van der Waals surface area contributed by atoms with Gasteiger partial charge in [0.2, 0.25) is 4.36 Å². The highest BCUT2D eigenvalue weighted by molar-refractivity contribution is 7.77. The summed E-state index contributed by atoms with van der Waals surface area (Å²) in [6.07, 6.45) is 0.654. The quantitative estimate of drug-likeness (QED) is 0.349. The predicted octanol–water partition coefficient (Wildman–Crippen LogP) is 5.21. The molecule has 0 saturated carbocycles. The summed E-state index contributed by atoms with van der Waals surface area (Å²) in [6, 6.07) is 0. The van der Waals surface area contributed by atoms with Gasteiger partial charge in [-0.2, -0.15) is 0 Å². The summed E-state index contributed by atoms with van der Waals surface area (Å²) in [7, 11) is -7.77. The topological polar surface area (TPSA) is 71.1 Å². The molecule has 0 saturated heterocycles. The Morgan fingerprint density at radius 3 is 1.24 bits per heavy atom. The average Bonchev–Trinajstić information content (AvgIpc) is 2.39. The van der Waals surface area contributed by atoms with E-state index in [4.69, 9.17) is 29.7 Å². The monoisotopic (exact) mass is 364 g/mol. The highest BCUT2D eigenvalue weighted by Crippen LogP contribution is 2.81. The van der Waals surface area contributed by atoms with Gasteiger partial charge in [-0.05, 0) is 34.1 Å². The Morgan fingerprint density at radius 1 is 0.762 bits per heavy atom. The summed E-state index contributed by atoms with van der Waals surface area (Å²) in [4.78, 5) is 0. The van der Waals surface area contributed by atoms with Crippen molar-refractivity contribution in [1.29, 1.82) is 0 Å². The van der Waals surface area contributed by atoms with Crippen LogP contribution in [0.25, 0.3) is 0 Å². The molecule has 0 N–H and O–H groups in total. The number of alkyl halides is 1. The third-order valence-electron chi connectivity index (χ3n) is 2.60. The molecule has 0 aliphatic carbocycles. The summed E-state index contributed by atoms with van der Waals surface area (Å²) in [5.41, 5.74) is 0. The Kier molecular flexibility index (Phi) is 9.94. The van der Waals surface area contributed by atoms with Crippen molar-refractivity contribution in [3.05, 3.63) is 0 Å². The van der Waals surface area contributed by atoms with Gasteiger partial charge in [-0.3, -0.25) is 9.13 Å². The first kappa shape index (κ1) is 21.6. The van der Waals surface area contributed by atoms with E-state index in [0.29, 0.717) is 6.42 Å². The molecule has 0 bridgehead atoms. The minimum atomic E-state index is -3.89. The molecule has 6 nitrogen and oxygen atoms in total. The van der Waals surface area contributed by atoms with Crippen LogP contribution in [0.5, 0.6) is 0 Å². The van der Waals surface area contributed by atoms with E-state index in [2.05, 4.69) is 0 Å². The molecule has 21 heavy (non-hydrogen) atoms. The van der Waals surface area contributed by atoms with Gasteiger partial charge >= 0.3 is 15.2 Å². The lowest BCUT2D eigenvalue weighted by Crippen LogP contribution is -2.27. The van der Waals surface area contributed by atoms with Gasteiger partial charge in [-0.25, -0.2) is 0 Å². The maximum Gasteiger partial charge on any atom is 0.363 e. The Balaban J connectivity index is 5.95. The van der Waals surface area contributed by atoms with Crippen molar-refractivity contribution in [3.8, 4) is 0 Å². The number of hydrogen-bond acceptors (Lipinski definition) is 6. The molecule has 0 rings (SSSR count). The summed E-state index contributed by atoms with van der Waals surface area (Å²) in [5, 5.41) is 0. The van der Waals surface area contributed by atoms with Crippen LogP contribution in [0.1, 0.15) is 47.5 Å². The second-order valence-electron chi connectivity index (χ2n) is 4.13. The molecular weight excluding hydrogens is 338 g/mol. The van der Waals surface area contributed by atoms with Crippen LogP contribution in [0.15, 0.2) is 0 Å². The lowest BCUT2D eigenvalue weighted by Gasteiger charge is -2.37. The van der Waals surface area contributed by atoms with Gasteiger partial charge in [0.05, 0.1) is 26.4 Å². The lowest BCUT2D eigenvalue weighted by atomic mass is 10.4. The highest BCUT2D eigenvalue weighted by atomic mass is 35.5. The first-order valence-electron chi connectivity index (χ1n) is 7.28. The molecule has 0 aliphatic rings. The minimum absolute atomic E-state index is 0.119. The van der Waals surface area contributed by atoms with E-state index in [1.54, 1.807) is 27.7 Å². The molecule has 0 aliphatic heterocycles. The molecule has 0 amide bonds. The third-order valence-corrected chi connectivity index (χ3v) is 10.0. The fourth-order valence-electron chi connectivity index (χ4n) is 1.89. The van der Waals surface area contributed by atoms with Gasteiger partial charge in [-0.15, -0.1) is 0 Å². The molecule has 0 unspecified atom stereocenters. The van der Waals surface area contributed by atoms with Crippen LogP contribution in [-0.4, -0.2) is 30.8 Å². The zero-order valence-electron chi connectivity index (χ0n) is 13.5. The van der Waals surface area contributed by atoms with E-state index in [1.165, 1.54) is 0 Å². The van der Waals surface area contributed by atoms with E-state index in [0.717, 1.165) is 0 Å². The highest BCUT2D eigenvalue weighted by Gasteiger charge is 2.63. The average molecular weight is 365 g/mol. The van der Waals surface area contributed by atoms with Gasteiger partial charge < -0.3 is 18.1 Å². The van der Waals surface area contributed by atoms with E-state index in [9.17, 15) is 9.13 Å². The predicted molar refractivity (Wildman–Crippen MR) is 85.2 cm³/mol. The maximum absolute atomic E-state index is 13.1. The van der Waals surface area contributed by atoms with Crippen LogP contribution in [0, 0.1) is 0 Å². The zero-order chi connectivity index (χ0) is 16.6. The number of halogens is 1. The van der Waals surface area contributed by atoms with Crippen LogP contribution in [0.3, 0.4) is 0 Å². The van der Waals surface area contributed by atoms with Crippen molar-refractivity contribution in [2.24, 2.45) is 0 Å². The summed E-state index contributed by atoms with van der Waals surface area (Å²) in [6.45, 7) is 8.98. The van der Waals surface area contributed by atoms with Crippen LogP contribution in [-0.2, 0) is 27.2 Å². The van der Waals surface area contributed by atoms with Gasteiger partial charge in [0, 0.05) is 0 Å². The summed E-state index contributed by atoms with van der Waals surface area (Å²) >= 11 is 6.54. The Bertz CT molecular complexity index is 340. The molecule has 128 valence electrons. The number of hydrogen-bond donors (Lipinski definition) is 0.